The number of hydrogen-bond donors (Lipinski definition) is 2. The van der Waals surface area contributed by atoms with Gasteiger partial charge in [0.2, 0.25) is 0 Å². The van der Waals surface area contributed by atoms with Crippen LogP contribution in [-0.2, 0) is 14.9 Å². The summed E-state index contributed by atoms with van der Waals surface area (Å²) in [5.41, 5.74) is -0.988. The lowest BCUT2D eigenvalue weighted by Crippen LogP contribution is -2.48. The highest BCUT2D eigenvalue weighted by Gasteiger charge is 2.35. The number of hydrogen-bond acceptors (Lipinski definition) is 5. The lowest BCUT2D eigenvalue weighted by Gasteiger charge is -2.27. The van der Waals surface area contributed by atoms with E-state index in [-0.39, 0.29) is 13.2 Å². The van der Waals surface area contributed by atoms with E-state index in [1.165, 1.54) is 7.05 Å². The van der Waals surface area contributed by atoms with Crippen molar-refractivity contribution in [2.24, 2.45) is 0 Å². The first-order valence-electron chi connectivity index (χ1n) is 5.92. The second-order valence-electron chi connectivity index (χ2n) is 4.52. The van der Waals surface area contributed by atoms with E-state index in [1.807, 2.05) is 0 Å². The molecule has 0 spiro atoms. The molecule has 0 atom stereocenters. The van der Waals surface area contributed by atoms with Crippen molar-refractivity contribution in [3.63, 3.8) is 0 Å². The molecule has 0 saturated heterocycles. The van der Waals surface area contributed by atoms with Gasteiger partial charge in [-0.15, -0.1) is 0 Å². The van der Waals surface area contributed by atoms with E-state index in [4.69, 9.17) is 0 Å². The molecule has 1 amide bonds. The minimum atomic E-state index is -3.96. The molecule has 0 aromatic rings. The third kappa shape index (κ3) is 4.11. The van der Waals surface area contributed by atoms with Crippen molar-refractivity contribution in [3.8, 4) is 0 Å². The Morgan fingerprint density at radius 1 is 1.44 bits per heavy atom. The van der Waals surface area contributed by atoms with Crippen molar-refractivity contribution in [2.45, 2.75) is 38.2 Å². The molecule has 2 N–H and O–H groups in total. The number of aliphatic hydroxyl groups is 1. The van der Waals surface area contributed by atoms with Crippen molar-refractivity contribution < 1.29 is 23.1 Å². The van der Waals surface area contributed by atoms with Crippen LogP contribution in [0.15, 0.2) is 0 Å². The van der Waals surface area contributed by atoms with Crippen LogP contribution in [0.4, 0.5) is 4.79 Å². The molecule has 1 aliphatic rings. The lowest BCUT2D eigenvalue weighted by molar-refractivity contribution is 0.0330. The van der Waals surface area contributed by atoms with Gasteiger partial charge in [0.1, 0.15) is 0 Å². The van der Waals surface area contributed by atoms with Crippen LogP contribution in [0.5, 0.6) is 0 Å². The van der Waals surface area contributed by atoms with E-state index in [1.54, 1.807) is 11.6 Å². The summed E-state index contributed by atoms with van der Waals surface area (Å²) < 4.78 is 30.7. The summed E-state index contributed by atoms with van der Waals surface area (Å²) in [6.45, 7) is 1.65. The van der Waals surface area contributed by atoms with Gasteiger partial charge in [0.05, 0.1) is 12.2 Å². The zero-order valence-electron chi connectivity index (χ0n) is 10.7. The van der Waals surface area contributed by atoms with Crippen molar-refractivity contribution in [3.05, 3.63) is 0 Å². The molecule has 0 aromatic carbocycles. The van der Waals surface area contributed by atoms with Gasteiger partial charge < -0.3 is 9.84 Å². The number of carbonyl (C=O) groups excluding carboxylic acids is 1. The van der Waals surface area contributed by atoms with Crippen LogP contribution < -0.4 is 4.72 Å². The first-order valence-corrected chi connectivity index (χ1v) is 7.36. The molecular formula is C10H20N2O5S. The molecule has 0 unspecified atom stereocenters. The van der Waals surface area contributed by atoms with Crippen LogP contribution in [0, 0.1) is 0 Å². The molecule has 0 aromatic heterocycles. The van der Waals surface area contributed by atoms with Gasteiger partial charge >= 0.3 is 16.3 Å². The van der Waals surface area contributed by atoms with Crippen LogP contribution in [0.3, 0.4) is 0 Å². The molecule has 0 radical (unpaired) electrons. The molecule has 0 aliphatic heterocycles. The molecule has 8 heteroatoms. The summed E-state index contributed by atoms with van der Waals surface area (Å²) in [5, 5.41) is 10.1. The normalized spacial score (nSPS) is 18.9. The third-order valence-corrected chi connectivity index (χ3v) is 4.32. The molecular weight excluding hydrogens is 260 g/mol. The molecule has 1 saturated carbocycles. The third-order valence-electron chi connectivity index (χ3n) is 2.95. The van der Waals surface area contributed by atoms with Gasteiger partial charge in [-0.1, -0.05) is 12.8 Å². The topological polar surface area (TPSA) is 95.9 Å². The SMILES string of the molecule is CCOC(=O)NS(=O)(=O)N(C)CC1(O)CCCC1. The van der Waals surface area contributed by atoms with Crippen molar-refractivity contribution in [1.29, 1.82) is 0 Å². The first kappa shape index (κ1) is 15.2. The number of likely N-dealkylation sites (N-methyl/N-ethyl adjacent to an activating group) is 1. The predicted molar refractivity (Wildman–Crippen MR) is 65.1 cm³/mol. The minimum Gasteiger partial charge on any atom is -0.449 e. The average Bonchev–Trinajstić information content (AvgIpc) is 2.64. The largest absolute Gasteiger partial charge is 0.449 e. The van der Waals surface area contributed by atoms with E-state index in [0.29, 0.717) is 12.8 Å². The summed E-state index contributed by atoms with van der Waals surface area (Å²) >= 11 is 0. The second-order valence-corrected chi connectivity index (χ2v) is 6.29. The van der Waals surface area contributed by atoms with Crippen molar-refractivity contribution >= 4 is 16.3 Å². The quantitative estimate of drug-likeness (QED) is 0.750. The fourth-order valence-electron chi connectivity index (χ4n) is 2.03. The monoisotopic (exact) mass is 280 g/mol. The zero-order valence-corrected chi connectivity index (χ0v) is 11.5. The Hall–Kier alpha value is -0.860. The summed E-state index contributed by atoms with van der Waals surface area (Å²) in [7, 11) is -2.64. The molecule has 1 fully saturated rings. The number of nitrogens with one attached hydrogen (secondary N) is 1. The summed E-state index contributed by atoms with van der Waals surface area (Å²) in [4.78, 5) is 11.1. The molecule has 18 heavy (non-hydrogen) atoms. The Morgan fingerprint density at radius 3 is 2.50 bits per heavy atom. The average molecular weight is 280 g/mol. The number of rotatable bonds is 5. The van der Waals surface area contributed by atoms with Gasteiger partial charge in [-0.05, 0) is 19.8 Å². The van der Waals surface area contributed by atoms with Gasteiger partial charge in [-0.3, -0.25) is 0 Å². The minimum absolute atomic E-state index is 0.0261. The van der Waals surface area contributed by atoms with E-state index >= 15 is 0 Å². The number of nitrogens with zero attached hydrogens (tertiary/aromatic N) is 1. The first-order chi connectivity index (χ1) is 8.29. The van der Waals surface area contributed by atoms with E-state index in [2.05, 4.69) is 4.74 Å². The smallest absolute Gasteiger partial charge is 0.421 e. The van der Waals surface area contributed by atoms with Crippen LogP contribution in [0.25, 0.3) is 0 Å². The highest BCUT2D eigenvalue weighted by Crippen LogP contribution is 2.30. The van der Waals surface area contributed by atoms with E-state index in [9.17, 15) is 18.3 Å². The number of ether oxygens (including phenoxy) is 1. The fourth-order valence-corrected chi connectivity index (χ4v) is 2.87. The fraction of sp³-hybridized carbons (Fsp3) is 0.900. The van der Waals surface area contributed by atoms with E-state index in [0.717, 1.165) is 17.1 Å². The van der Waals surface area contributed by atoms with Crippen LogP contribution in [0.1, 0.15) is 32.6 Å². The Kier molecular flexibility index (Phi) is 4.94. The Bertz CT molecular complexity index is 389. The summed E-state index contributed by atoms with van der Waals surface area (Å²) in [6, 6.07) is 0. The van der Waals surface area contributed by atoms with Crippen molar-refractivity contribution in [1.82, 2.24) is 9.03 Å². The second kappa shape index (κ2) is 5.85. The summed E-state index contributed by atoms with van der Waals surface area (Å²) in [5.74, 6) is 0. The number of amides is 1. The van der Waals surface area contributed by atoms with Gasteiger partial charge in [0, 0.05) is 13.6 Å². The van der Waals surface area contributed by atoms with Gasteiger partial charge in [0.15, 0.2) is 0 Å². The van der Waals surface area contributed by atoms with Crippen molar-refractivity contribution in [2.75, 3.05) is 20.2 Å². The number of carbonyl (C=O) groups is 1. The van der Waals surface area contributed by atoms with Crippen LogP contribution >= 0.6 is 0 Å². The Labute approximate surface area is 107 Å². The zero-order chi connectivity index (χ0) is 13.8. The maximum Gasteiger partial charge on any atom is 0.421 e. The molecule has 7 nitrogen and oxygen atoms in total. The van der Waals surface area contributed by atoms with Crippen LogP contribution in [0.2, 0.25) is 0 Å². The molecule has 106 valence electrons. The van der Waals surface area contributed by atoms with Gasteiger partial charge in [-0.25, -0.2) is 9.52 Å². The van der Waals surface area contributed by atoms with Gasteiger partial charge in [-0.2, -0.15) is 12.7 Å². The summed E-state index contributed by atoms with van der Waals surface area (Å²) in [6.07, 6.45) is 1.91. The highest BCUT2D eigenvalue weighted by molar-refractivity contribution is 7.87. The van der Waals surface area contributed by atoms with E-state index < -0.39 is 21.9 Å². The highest BCUT2D eigenvalue weighted by atomic mass is 32.2. The molecule has 1 rings (SSSR count). The lowest BCUT2D eigenvalue weighted by atomic mass is 10.0. The molecule has 1 aliphatic carbocycles. The Morgan fingerprint density at radius 2 is 2.00 bits per heavy atom. The maximum atomic E-state index is 11.7. The Balaban J connectivity index is 2.58. The molecule has 0 bridgehead atoms. The van der Waals surface area contributed by atoms with Crippen LogP contribution in [-0.4, -0.2) is 49.7 Å². The standard InChI is InChI=1S/C10H20N2O5S/c1-3-17-9(13)11-18(15,16)12(2)8-10(14)6-4-5-7-10/h14H,3-8H2,1-2H3,(H,11,13). The van der Waals surface area contributed by atoms with Gasteiger partial charge in [0.25, 0.3) is 0 Å². The maximum absolute atomic E-state index is 11.7. The molecule has 0 heterocycles. The predicted octanol–water partition coefficient (Wildman–Crippen LogP) is 0.214.